The number of pyridine rings is 1. The number of fused-ring (bicyclic) bond motifs is 1. The molecule has 3 nitrogen and oxygen atoms in total. The van der Waals surface area contributed by atoms with Crippen molar-refractivity contribution in [1.29, 1.82) is 0 Å². The summed E-state index contributed by atoms with van der Waals surface area (Å²) in [5.74, 6) is -1.68. The topological polar surface area (TPSA) is 28.2 Å². The van der Waals surface area contributed by atoms with Crippen molar-refractivity contribution in [3.63, 3.8) is 0 Å². The van der Waals surface area contributed by atoms with E-state index in [2.05, 4.69) is 15.2 Å². The predicted molar refractivity (Wildman–Crippen MR) is 66.7 cm³/mol. The Bertz CT molecular complexity index is 580. The van der Waals surface area contributed by atoms with Crippen molar-refractivity contribution in [3.8, 4) is 0 Å². The smallest absolute Gasteiger partial charge is 0.161 e. The first-order chi connectivity index (χ1) is 8.75. The zero-order valence-corrected chi connectivity index (χ0v) is 9.79. The van der Waals surface area contributed by atoms with Crippen LogP contribution in [-0.4, -0.2) is 31.2 Å². The molecule has 1 aliphatic rings. The lowest BCUT2D eigenvalue weighted by molar-refractivity contribution is 0.510. The van der Waals surface area contributed by atoms with E-state index >= 15 is 0 Å². The number of halogens is 2. The van der Waals surface area contributed by atoms with Gasteiger partial charge in [0.1, 0.15) is 0 Å². The first-order valence-corrected chi connectivity index (χ1v) is 5.95. The normalized spacial score (nSPS) is 16.2. The molecule has 0 bridgehead atoms. The van der Waals surface area contributed by atoms with Crippen molar-refractivity contribution in [2.75, 3.05) is 31.1 Å². The molecule has 0 aliphatic carbocycles. The average Bonchev–Trinajstić information content (AvgIpc) is 2.40. The van der Waals surface area contributed by atoms with Gasteiger partial charge in [0, 0.05) is 49.5 Å². The van der Waals surface area contributed by atoms with E-state index in [1.807, 2.05) is 6.07 Å². The summed E-state index contributed by atoms with van der Waals surface area (Å²) in [5.41, 5.74) is 1.41. The minimum Gasteiger partial charge on any atom is -0.368 e. The van der Waals surface area contributed by atoms with E-state index in [9.17, 15) is 8.78 Å². The lowest BCUT2D eigenvalue weighted by atomic mass is 10.1. The van der Waals surface area contributed by atoms with E-state index in [1.165, 1.54) is 6.07 Å². The van der Waals surface area contributed by atoms with Crippen LogP contribution in [0.2, 0.25) is 0 Å². The molecule has 0 atom stereocenters. The second-order valence-corrected chi connectivity index (χ2v) is 4.35. The summed E-state index contributed by atoms with van der Waals surface area (Å²) in [6, 6.07) is 4.23. The summed E-state index contributed by atoms with van der Waals surface area (Å²) < 4.78 is 26.5. The molecule has 1 aromatic carbocycles. The van der Waals surface area contributed by atoms with Gasteiger partial charge in [0.25, 0.3) is 0 Å². The minimum atomic E-state index is -0.854. The van der Waals surface area contributed by atoms with Gasteiger partial charge >= 0.3 is 0 Å². The Hall–Kier alpha value is -1.75. The van der Waals surface area contributed by atoms with E-state index in [4.69, 9.17) is 0 Å². The van der Waals surface area contributed by atoms with E-state index in [1.54, 1.807) is 6.20 Å². The van der Waals surface area contributed by atoms with Crippen LogP contribution in [-0.2, 0) is 0 Å². The van der Waals surface area contributed by atoms with Gasteiger partial charge in [0.15, 0.2) is 11.6 Å². The number of nitrogens with one attached hydrogen (secondary N) is 1. The molecule has 0 spiro atoms. The van der Waals surface area contributed by atoms with Gasteiger partial charge in [-0.15, -0.1) is 0 Å². The lowest BCUT2D eigenvalue weighted by Gasteiger charge is -2.30. The summed E-state index contributed by atoms with van der Waals surface area (Å²) in [4.78, 5) is 6.25. The van der Waals surface area contributed by atoms with Gasteiger partial charge in [-0.2, -0.15) is 0 Å². The second kappa shape index (κ2) is 4.49. The Morgan fingerprint density at radius 3 is 2.61 bits per heavy atom. The van der Waals surface area contributed by atoms with Crippen LogP contribution >= 0.6 is 0 Å². The fraction of sp³-hybridized carbons (Fsp3) is 0.308. The fourth-order valence-electron chi connectivity index (χ4n) is 2.31. The molecule has 1 saturated heterocycles. The molecule has 0 radical (unpaired) electrons. The van der Waals surface area contributed by atoms with Gasteiger partial charge in [-0.3, -0.25) is 4.98 Å². The van der Waals surface area contributed by atoms with Gasteiger partial charge in [0.05, 0.1) is 5.52 Å². The zero-order chi connectivity index (χ0) is 12.5. The largest absolute Gasteiger partial charge is 0.368 e. The average molecular weight is 249 g/mol. The Balaban J connectivity index is 2.13. The van der Waals surface area contributed by atoms with Crippen molar-refractivity contribution in [1.82, 2.24) is 10.3 Å². The molecule has 1 aliphatic heterocycles. The van der Waals surface area contributed by atoms with Crippen LogP contribution in [0.25, 0.3) is 10.9 Å². The molecule has 5 heteroatoms. The van der Waals surface area contributed by atoms with Crippen LogP contribution in [0.15, 0.2) is 24.4 Å². The maximum absolute atomic E-state index is 13.4. The molecule has 94 valence electrons. The number of benzene rings is 1. The van der Waals surface area contributed by atoms with E-state index < -0.39 is 11.6 Å². The number of hydrogen-bond donors (Lipinski definition) is 1. The monoisotopic (exact) mass is 249 g/mol. The molecule has 0 unspecified atom stereocenters. The molecule has 2 heterocycles. The third kappa shape index (κ3) is 1.90. The van der Waals surface area contributed by atoms with Crippen LogP contribution in [0, 0.1) is 11.6 Å². The summed E-state index contributed by atoms with van der Waals surface area (Å²) >= 11 is 0. The van der Waals surface area contributed by atoms with E-state index in [0.717, 1.165) is 37.9 Å². The fourth-order valence-corrected chi connectivity index (χ4v) is 2.31. The summed E-state index contributed by atoms with van der Waals surface area (Å²) in [6.45, 7) is 3.51. The molecule has 1 aromatic heterocycles. The molecule has 2 aromatic rings. The first-order valence-electron chi connectivity index (χ1n) is 5.95. The van der Waals surface area contributed by atoms with Gasteiger partial charge < -0.3 is 10.2 Å². The molecular formula is C13H13F2N3. The Labute approximate surface area is 103 Å². The number of anilines is 1. The third-order valence-corrected chi connectivity index (χ3v) is 3.22. The summed E-state index contributed by atoms with van der Waals surface area (Å²) in [5, 5.41) is 3.93. The maximum atomic E-state index is 13.4. The molecular weight excluding hydrogens is 236 g/mol. The SMILES string of the molecule is Fc1cc2nccc(N3CCNCC3)c2cc1F. The summed E-state index contributed by atoms with van der Waals surface area (Å²) in [6.07, 6.45) is 1.64. The highest BCUT2D eigenvalue weighted by molar-refractivity contribution is 5.91. The number of nitrogens with zero attached hydrogens (tertiary/aromatic N) is 2. The minimum absolute atomic E-state index is 0.491. The quantitative estimate of drug-likeness (QED) is 0.837. The zero-order valence-electron chi connectivity index (χ0n) is 9.79. The maximum Gasteiger partial charge on any atom is 0.161 e. The Morgan fingerprint density at radius 1 is 1.11 bits per heavy atom. The van der Waals surface area contributed by atoms with Gasteiger partial charge in [-0.25, -0.2) is 8.78 Å². The van der Waals surface area contributed by atoms with Crippen LogP contribution in [0.3, 0.4) is 0 Å². The predicted octanol–water partition coefficient (Wildman–Crippen LogP) is 1.92. The molecule has 18 heavy (non-hydrogen) atoms. The number of hydrogen-bond acceptors (Lipinski definition) is 3. The van der Waals surface area contributed by atoms with E-state index in [0.29, 0.717) is 10.9 Å². The van der Waals surface area contributed by atoms with Crippen molar-refractivity contribution in [3.05, 3.63) is 36.0 Å². The molecule has 1 N–H and O–H groups in total. The number of rotatable bonds is 1. The Kier molecular flexibility index (Phi) is 2.83. The van der Waals surface area contributed by atoms with Crippen LogP contribution in [0.1, 0.15) is 0 Å². The molecule has 0 saturated carbocycles. The van der Waals surface area contributed by atoms with Crippen LogP contribution < -0.4 is 10.2 Å². The van der Waals surface area contributed by atoms with Crippen molar-refractivity contribution in [2.24, 2.45) is 0 Å². The molecule has 3 rings (SSSR count). The number of aromatic nitrogens is 1. The van der Waals surface area contributed by atoms with Crippen molar-refractivity contribution in [2.45, 2.75) is 0 Å². The van der Waals surface area contributed by atoms with Crippen molar-refractivity contribution < 1.29 is 8.78 Å². The lowest BCUT2D eigenvalue weighted by Crippen LogP contribution is -2.43. The number of piperazine rings is 1. The highest BCUT2D eigenvalue weighted by Crippen LogP contribution is 2.27. The molecule has 1 fully saturated rings. The van der Waals surface area contributed by atoms with Crippen LogP contribution in [0.5, 0.6) is 0 Å². The van der Waals surface area contributed by atoms with Gasteiger partial charge in [-0.05, 0) is 12.1 Å². The highest BCUT2D eigenvalue weighted by atomic mass is 19.2. The summed E-state index contributed by atoms with van der Waals surface area (Å²) in [7, 11) is 0. The standard InChI is InChI=1S/C13H13F2N3/c14-10-7-9-12(8-11(10)15)17-2-1-13(9)18-5-3-16-4-6-18/h1-2,7-8,16H,3-6H2. The van der Waals surface area contributed by atoms with Crippen LogP contribution in [0.4, 0.5) is 14.5 Å². The highest BCUT2D eigenvalue weighted by Gasteiger charge is 2.15. The van der Waals surface area contributed by atoms with Gasteiger partial charge in [0.2, 0.25) is 0 Å². The van der Waals surface area contributed by atoms with Gasteiger partial charge in [-0.1, -0.05) is 0 Å². The second-order valence-electron chi connectivity index (χ2n) is 4.35. The Morgan fingerprint density at radius 2 is 1.83 bits per heavy atom. The first kappa shape index (κ1) is 11.3. The van der Waals surface area contributed by atoms with Crippen molar-refractivity contribution >= 4 is 16.6 Å². The van der Waals surface area contributed by atoms with E-state index in [-0.39, 0.29) is 0 Å². The molecule has 0 amide bonds. The third-order valence-electron chi connectivity index (χ3n) is 3.22.